The maximum absolute atomic E-state index is 14.5. The predicted octanol–water partition coefficient (Wildman–Crippen LogP) is 3.97. The predicted molar refractivity (Wildman–Crippen MR) is 141 cm³/mol. The first-order valence-electron chi connectivity index (χ1n) is 12.5. The van der Waals surface area contributed by atoms with Crippen LogP contribution >= 0.6 is 11.3 Å². The fraction of sp³-hybridized carbons (Fsp3) is 0.276. The van der Waals surface area contributed by atoms with Gasteiger partial charge in [-0.1, -0.05) is 48.0 Å². The molecule has 9 heteroatoms. The third kappa shape index (κ3) is 4.21. The lowest BCUT2D eigenvalue weighted by Gasteiger charge is -2.41. The van der Waals surface area contributed by atoms with Crippen molar-refractivity contribution < 1.29 is 23.5 Å². The van der Waals surface area contributed by atoms with E-state index < -0.39 is 35.4 Å². The highest BCUT2D eigenvalue weighted by molar-refractivity contribution is 7.09. The average molecular weight is 532 g/mol. The highest BCUT2D eigenvalue weighted by Crippen LogP contribution is 2.50. The van der Waals surface area contributed by atoms with Gasteiger partial charge in [-0.2, -0.15) is 0 Å². The van der Waals surface area contributed by atoms with Crippen molar-refractivity contribution in [2.75, 3.05) is 11.9 Å². The third-order valence-corrected chi connectivity index (χ3v) is 8.39. The lowest BCUT2D eigenvalue weighted by molar-refractivity contribution is -0.153. The van der Waals surface area contributed by atoms with E-state index in [9.17, 15) is 18.8 Å². The molecule has 7 nitrogen and oxygen atoms in total. The highest BCUT2D eigenvalue weighted by atomic mass is 32.1. The minimum atomic E-state index is -1.13. The van der Waals surface area contributed by atoms with E-state index in [1.807, 2.05) is 48.7 Å². The summed E-state index contributed by atoms with van der Waals surface area (Å²) in [6.07, 6.45) is 3.01. The summed E-state index contributed by atoms with van der Waals surface area (Å²) in [6.45, 7) is 2.18. The van der Waals surface area contributed by atoms with Crippen molar-refractivity contribution >= 4 is 34.7 Å². The fourth-order valence-corrected chi connectivity index (χ4v) is 6.38. The minimum Gasteiger partial charge on any atom is -0.360 e. The van der Waals surface area contributed by atoms with E-state index in [0.717, 1.165) is 10.4 Å². The number of benzene rings is 2. The van der Waals surface area contributed by atoms with E-state index in [-0.39, 0.29) is 30.8 Å². The number of nitrogens with one attached hydrogen (secondary N) is 2. The molecule has 0 unspecified atom stereocenters. The average Bonchev–Trinajstić information content (AvgIpc) is 3.65. The molecular weight excluding hydrogens is 505 g/mol. The summed E-state index contributed by atoms with van der Waals surface area (Å²) in [6, 6.07) is 15.8. The summed E-state index contributed by atoms with van der Waals surface area (Å²) in [4.78, 5) is 44.0. The number of halogens is 1. The molecule has 0 saturated carbocycles. The molecule has 3 aliphatic rings. The van der Waals surface area contributed by atoms with Gasteiger partial charge in [0.15, 0.2) is 0 Å². The van der Waals surface area contributed by atoms with E-state index in [1.165, 1.54) is 40.5 Å². The second kappa shape index (κ2) is 9.49. The zero-order chi connectivity index (χ0) is 26.4. The van der Waals surface area contributed by atoms with Crippen LogP contribution in [-0.4, -0.2) is 40.9 Å². The Morgan fingerprint density at radius 1 is 1.16 bits per heavy atom. The quantitative estimate of drug-likeness (QED) is 0.488. The van der Waals surface area contributed by atoms with Crippen molar-refractivity contribution in [1.82, 2.24) is 10.2 Å². The molecule has 38 heavy (non-hydrogen) atoms. The first kappa shape index (κ1) is 24.5. The van der Waals surface area contributed by atoms with Crippen LogP contribution in [0.3, 0.4) is 0 Å². The standard InChI is InChI=1S/C29H26FN3O4S/c1-17-4-10-20(11-5-17)32-26(34)23-22-12-13-29(37-22)16-31-27(35)25(18-6-8-19(30)9-7-18)33(28(36)24(23)29)15-21-3-2-14-38-21/h2-14,22-25H,15-16H2,1H3,(H,31,35)(H,32,34)/t22-,23-,24-,25+,29+/m1/s1. The lowest BCUT2D eigenvalue weighted by Crippen LogP contribution is -2.59. The number of aryl methyl sites for hydroxylation is 1. The van der Waals surface area contributed by atoms with Crippen LogP contribution in [-0.2, 0) is 25.7 Å². The van der Waals surface area contributed by atoms with Crippen LogP contribution in [0.2, 0.25) is 0 Å². The minimum absolute atomic E-state index is 0.0497. The topological polar surface area (TPSA) is 87.7 Å². The molecule has 2 aromatic carbocycles. The Morgan fingerprint density at radius 3 is 2.63 bits per heavy atom. The van der Waals surface area contributed by atoms with E-state index in [0.29, 0.717) is 11.3 Å². The molecule has 0 aliphatic carbocycles. The van der Waals surface area contributed by atoms with Gasteiger partial charge in [0.25, 0.3) is 0 Å². The molecule has 2 fully saturated rings. The largest absolute Gasteiger partial charge is 0.360 e. The number of carbonyl (C=O) groups is 3. The van der Waals surface area contributed by atoms with Crippen molar-refractivity contribution in [1.29, 1.82) is 0 Å². The van der Waals surface area contributed by atoms with Gasteiger partial charge >= 0.3 is 0 Å². The molecular formula is C29H26FN3O4S. The second-order valence-electron chi connectivity index (χ2n) is 9.97. The molecule has 3 aliphatic heterocycles. The van der Waals surface area contributed by atoms with Crippen LogP contribution < -0.4 is 10.6 Å². The van der Waals surface area contributed by atoms with Crippen molar-refractivity contribution in [3.05, 3.63) is 100 Å². The molecule has 1 aromatic heterocycles. The molecule has 2 saturated heterocycles. The van der Waals surface area contributed by atoms with Gasteiger partial charge in [-0.3, -0.25) is 14.4 Å². The Morgan fingerprint density at radius 2 is 1.92 bits per heavy atom. The van der Waals surface area contributed by atoms with Gasteiger partial charge < -0.3 is 20.3 Å². The molecule has 3 aromatic rings. The van der Waals surface area contributed by atoms with Crippen molar-refractivity contribution in [2.45, 2.75) is 31.2 Å². The van der Waals surface area contributed by atoms with Crippen LogP contribution in [0.1, 0.15) is 22.0 Å². The lowest BCUT2D eigenvalue weighted by atomic mass is 9.73. The second-order valence-corrected chi connectivity index (χ2v) is 11.0. The molecule has 1 spiro atoms. The van der Waals surface area contributed by atoms with E-state index in [4.69, 9.17) is 4.74 Å². The van der Waals surface area contributed by atoms with E-state index >= 15 is 0 Å². The zero-order valence-electron chi connectivity index (χ0n) is 20.6. The smallest absolute Gasteiger partial charge is 0.247 e. The van der Waals surface area contributed by atoms with Crippen LogP contribution in [0.5, 0.6) is 0 Å². The van der Waals surface area contributed by atoms with Gasteiger partial charge in [-0.25, -0.2) is 4.39 Å². The van der Waals surface area contributed by atoms with Gasteiger partial charge in [-0.05, 0) is 48.2 Å². The normalized spacial score (nSPS) is 28.0. The molecule has 2 N–H and O–H groups in total. The number of rotatable bonds is 5. The maximum atomic E-state index is 14.5. The summed E-state index contributed by atoms with van der Waals surface area (Å²) in [7, 11) is 0. The molecule has 2 bridgehead atoms. The number of amides is 3. The summed E-state index contributed by atoms with van der Waals surface area (Å²) in [5.74, 6) is -3.13. The first-order chi connectivity index (χ1) is 18.3. The first-order valence-corrected chi connectivity index (χ1v) is 13.3. The highest BCUT2D eigenvalue weighted by Gasteiger charge is 2.64. The van der Waals surface area contributed by atoms with Gasteiger partial charge in [0.2, 0.25) is 17.7 Å². The molecule has 3 amide bonds. The Balaban J connectivity index is 1.40. The van der Waals surface area contributed by atoms with E-state index in [1.54, 1.807) is 12.2 Å². The van der Waals surface area contributed by atoms with Crippen molar-refractivity contribution in [2.24, 2.45) is 11.8 Å². The summed E-state index contributed by atoms with van der Waals surface area (Å²) < 4.78 is 20.0. The van der Waals surface area contributed by atoms with Crippen LogP contribution in [0, 0.1) is 24.6 Å². The Hall–Kier alpha value is -3.82. The van der Waals surface area contributed by atoms with Crippen LogP contribution in [0.4, 0.5) is 10.1 Å². The molecule has 6 rings (SSSR count). The zero-order valence-corrected chi connectivity index (χ0v) is 21.4. The Bertz CT molecular complexity index is 1410. The SMILES string of the molecule is Cc1ccc(NC(=O)[C@@H]2[C@H]3C=C[C@@]4(CNC(=O)[C@H](c5ccc(F)cc5)N(Cc5cccs5)C(=O)[C@@H]24)O3)cc1. The number of ether oxygens (including phenoxy) is 1. The van der Waals surface area contributed by atoms with Gasteiger partial charge in [-0.15, -0.1) is 11.3 Å². The third-order valence-electron chi connectivity index (χ3n) is 7.52. The number of fused-ring (bicyclic) bond motifs is 1. The maximum Gasteiger partial charge on any atom is 0.247 e. The van der Waals surface area contributed by atoms with Crippen LogP contribution in [0.15, 0.2) is 78.2 Å². The van der Waals surface area contributed by atoms with Crippen molar-refractivity contribution in [3.8, 4) is 0 Å². The van der Waals surface area contributed by atoms with Gasteiger partial charge in [0.05, 0.1) is 31.0 Å². The van der Waals surface area contributed by atoms with Crippen LogP contribution in [0.25, 0.3) is 0 Å². The monoisotopic (exact) mass is 531 g/mol. The fourth-order valence-electron chi connectivity index (χ4n) is 5.67. The Labute approximate surface area is 223 Å². The van der Waals surface area contributed by atoms with Crippen molar-refractivity contribution in [3.63, 3.8) is 0 Å². The number of anilines is 1. The summed E-state index contributed by atoms with van der Waals surface area (Å²) >= 11 is 1.47. The number of hydrogen-bond acceptors (Lipinski definition) is 5. The number of nitrogens with zero attached hydrogens (tertiary/aromatic N) is 1. The van der Waals surface area contributed by atoms with Gasteiger partial charge in [0, 0.05) is 10.6 Å². The van der Waals surface area contributed by atoms with E-state index in [2.05, 4.69) is 10.6 Å². The molecule has 5 atom stereocenters. The Kier molecular flexibility index (Phi) is 6.12. The summed E-state index contributed by atoms with van der Waals surface area (Å²) in [5, 5.41) is 7.80. The molecule has 0 radical (unpaired) electrons. The van der Waals surface area contributed by atoms with Gasteiger partial charge in [0.1, 0.15) is 17.5 Å². The summed E-state index contributed by atoms with van der Waals surface area (Å²) in [5.41, 5.74) is 1.06. The molecule has 194 valence electrons. The number of carbonyl (C=O) groups excluding carboxylic acids is 3. The molecule has 4 heterocycles. The number of thiophene rings is 1. The number of hydrogen-bond donors (Lipinski definition) is 2.